The summed E-state index contributed by atoms with van der Waals surface area (Å²) in [5, 5.41) is 28.8. The predicted octanol–water partition coefficient (Wildman–Crippen LogP) is 2.16. The van der Waals surface area contributed by atoms with Gasteiger partial charge in [0, 0.05) is 6.54 Å². The Morgan fingerprint density at radius 2 is 1.96 bits per heavy atom. The highest BCUT2D eigenvalue weighted by atomic mass is 16.5. The first-order valence-electron chi connectivity index (χ1n) is 8.09. The van der Waals surface area contributed by atoms with Crippen LogP contribution in [-0.2, 0) is 6.61 Å². The quantitative estimate of drug-likeness (QED) is 0.521. The molecule has 0 bridgehead atoms. The molecule has 0 fully saturated rings. The second-order valence-corrected chi connectivity index (χ2v) is 5.70. The monoisotopic (exact) mass is 353 g/mol. The van der Waals surface area contributed by atoms with E-state index in [9.17, 15) is 15.0 Å². The Labute approximate surface area is 150 Å². The highest BCUT2D eigenvalue weighted by molar-refractivity contribution is 5.92. The van der Waals surface area contributed by atoms with E-state index in [4.69, 9.17) is 4.74 Å². The number of ether oxygens (including phenoxy) is 1. The van der Waals surface area contributed by atoms with Gasteiger partial charge in [0.1, 0.15) is 23.8 Å². The molecule has 3 rings (SSSR count). The van der Waals surface area contributed by atoms with E-state index in [0.29, 0.717) is 11.3 Å². The summed E-state index contributed by atoms with van der Waals surface area (Å²) in [5.74, 6) is 0.372. The first-order chi connectivity index (χ1) is 12.6. The lowest BCUT2D eigenvalue weighted by Gasteiger charge is -2.11. The maximum atomic E-state index is 12.1. The molecule has 1 aromatic heterocycles. The van der Waals surface area contributed by atoms with Gasteiger partial charge in [0.2, 0.25) is 0 Å². The van der Waals surface area contributed by atoms with E-state index in [2.05, 4.69) is 15.5 Å². The maximum Gasteiger partial charge on any atom is 0.271 e. The normalized spacial score (nSPS) is 11.7. The number of aromatic hydroxyl groups is 1. The smallest absolute Gasteiger partial charge is 0.271 e. The van der Waals surface area contributed by atoms with Crippen molar-refractivity contribution >= 4 is 5.91 Å². The van der Waals surface area contributed by atoms with E-state index >= 15 is 0 Å². The third-order valence-corrected chi connectivity index (χ3v) is 3.71. The number of benzene rings is 2. The lowest BCUT2D eigenvalue weighted by Crippen LogP contribution is -2.28. The summed E-state index contributed by atoms with van der Waals surface area (Å²) in [5.41, 5.74) is 1.39. The van der Waals surface area contributed by atoms with Crippen molar-refractivity contribution in [3.05, 3.63) is 77.6 Å². The van der Waals surface area contributed by atoms with E-state index in [-0.39, 0.29) is 24.6 Å². The van der Waals surface area contributed by atoms with Gasteiger partial charge in [0.15, 0.2) is 0 Å². The van der Waals surface area contributed by atoms with Crippen LogP contribution >= 0.6 is 0 Å². The van der Waals surface area contributed by atoms with Crippen LogP contribution in [0.5, 0.6) is 11.5 Å². The van der Waals surface area contributed by atoms with Gasteiger partial charge in [-0.15, -0.1) is 0 Å². The Morgan fingerprint density at radius 1 is 1.15 bits per heavy atom. The van der Waals surface area contributed by atoms with E-state index in [1.54, 1.807) is 18.2 Å². The molecule has 1 atom stereocenters. The van der Waals surface area contributed by atoms with Crippen molar-refractivity contribution in [3.63, 3.8) is 0 Å². The average molecular weight is 353 g/mol. The van der Waals surface area contributed by atoms with Gasteiger partial charge in [-0.05, 0) is 35.9 Å². The number of aromatic nitrogens is 2. The fraction of sp³-hybridized carbons (Fsp3) is 0.158. The van der Waals surface area contributed by atoms with E-state index in [0.717, 1.165) is 5.75 Å². The lowest BCUT2D eigenvalue weighted by atomic mass is 10.1. The van der Waals surface area contributed by atoms with Gasteiger partial charge in [-0.3, -0.25) is 9.89 Å². The number of phenols is 1. The Kier molecular flexibility index (Phi) is 5.50. The summed E-state index contributed by atoms with van der Waals surface area (Å²) < 4.78 is 5.59. The number of aromatic amines is 1. The predicted molar refractivity (Wildman–Crippen MR) is 94.8 cm³/mol. The van der Waals surface area contributed by atoms with Crippen molar-refractivity contribution in [3.8, 4) is 11.5 Å². The molecule has 0 aliphatic rings. The first-order valence-corrected chi connectivity index (χ1v) is 8.09. The molecule has 0 radical (unpaired) electrons. The molecule has 0 spiro atoms. The summed E-state index contributed by atoms with van der Waals surface area (Å²) >= 11 is 0. The molecule has 7 nitrogen and oxygen atoms in total. The molecular weight excluding hydrogens is 334 g/mol. The van der Waals surface area contributed by atoms with E-state index in [1.165, 1.54) is 12.1 Å². The van der Waals surface area contributed by atoms with Crippen LogP contribution < -0.4 is 10.1 Å². The van der Waals surface area contributed by atoms with Gasteiger partial charge in [-0.2, -0.15) is 5.10 Å². The van der Waals surface area contributed by atoms with Crippen molar-refractivity contribution in [1.82, 2.24) is 15.5 Å². The van der Waals surface area contributed by atoms with Crippen LogP contribution in [0.25, 0.3) is 0 Å². The zero-order valence-electron chi connectivity index (χ0n) is 13.9. The molecule has 2 aromatic carbocycles. The zero-order chi connectivity index (χ0) is 18.4. The van der Waals surface area contributed by atoms with Crippen molar-refractivity contribution in [2.45, 2.75) is 12.7 Å². The molecule has 1 amide bonds. The van der Waals surface area contributed by atoms with Crippen LogP contribution in [0.2, 0.25) is 0 Å². The molecule has 7 heteroatoms. The second-order valence-electron chi connectivity index (χ2n) is 5.70. The summed E-state index contributed by atoms with van der Waals surface area (Å²) in [6.45, 7) is 0.265. The number of aliphatic hydroxyl groups is 1. The van der Waals surface area contributed by atoms with Gasteiger partial charge in [-0.1, -0.05) is 30.3 Å². The number of carbonyl (C=O) groups excluding carboxylic acids is 1. The number of para-hydroxylation sites is 1. The van der Waals surface area contributed by atoms with Gasteiger partial charge in [0.05, 0.1) is 11.8 Å². The number of amides is 1. The highest BCUT2D eigenvalue weighted by Crippen LogP contribution is 2.17. The van der Waals surface area contributed by atoms with Crippen LogP contribution in [0.15, 0.2) is 60.7 Å². The van der Waals surface area contributed by atoms with E-state index in [1.807, 2.05) is 30.3 Å². The molecule has 134 valence electrons. The summed E-state index contributed by atoms with van der Waals surface area (Å²) in [6.07, 6.45) is -0.925. The fourth-order valence-corrected chi connectivity index (χ4v) is 2.36. The second kappa shape index (κ2) is 8.17. The summed E-state index contributed by atoms with van der Waals surface area (Å²) in [7, 11) is 0. The number of nitrogens with one attached hydrogen (secondary N) is 2. The third kappa shape index (κ3) is 4.61. The molecule has 3 aromatic rings. The Morgan fingerprint density at radius 3 is 2.73 bits per heavy atom. The number of rotatable bonds is 7. The number of H-pyrrole nitrogens is 1. The highest BCUT2D eigenvalue weighted by Gasteiger charge is 2.14. The molecule has 0 aliphatic heterocycles. The standard InChI is InChI=1S/C19H19N3O4/c23-15-6-4-5-13(9-15)18(24)11-20-19(25)17-10-14(21-22-17)12-26-16-7-2-1-3-8-16/h1-10,18,23-24H,11-12H2,(H,20,25)(H,21,22). The number of aliphatic hydroxyl groups excluding tert-OH is 1. The Hall–Kier alpha value is -3.32. The van der Waals surface area contributed by atoms with Crippen LogP contribution in [0.4, 0.5) is 0 Å². The van der Waals surface area contributed by atoms with E-state index < -0.39 is 12.0 Å². The number of nitrogens with zero attached hydrogens (tertiary/aromatic N) is 1. The molecule has 4 N–H and O–H groups in total. The van der Waals surface area contributed by atoms with Crippen LogP contribution in [0.3, 0.4) is 0 Å². The number of phenolic OH excluding ortho intramolecular Hbond substituents is 1. The molecule has 0 saturated heterocycles. The largest absolute Gasteiger partial charge is 0.508 e. The summed E-state index contributed by atoms with van der Waals surface area (Å²) in [4.78, 5) is 12.1. The van der Waals surface area contributed by atoms with Crippen molar-refractivity contribution in [2.24, 2.45) is 0 Å². The SMILES string of the molecule is O=C(NCC(O)c1cccc(O)c1)c1cc(COc2ccccc2)[nH]n1. The van der Waals surface area contributed by atoms with Crippen molar-refractivity contribution in [1.29, 1.82) is 0 Å². The topological polar surface area (TPSA) is 107 Å². The number of hydrogen-bond acceptors (Lipinski definition) is 5. The molecule has 26 heavy (non-hydrogen) atoms. The minimum absolute atomic E-state index is 0.00496. The first kappa shape index (κ1) is 17.5. The van der Waals surface area contributed by atoms with Gasteiger partial charge >= 0.3 is 0 Å². The van der Waals surface area contributed by atoms with Crippen molar-refractivity contribution in [2.75, 3.05) is 6.54 Å². The van der Waals surface area contributed by atoms with Gasteiger partial charge in [-0.25, -0.2) is 0 Å². The van der Waals surface area contributed by atoms with Crippen LogP contribution in [0.1, 0.15) is 27.8 Å². The minimum atomic E-state index is -0.925. The fourth-order valence-electron chi connectivity index (χ4n) is 2.36. The van der Waals surface area contributed by atoms with Crippen LogP contribution in [0, 0.1) is 0 Å². The van der Waals surface area contributed by atoms with Crippen molar-refractivity contribution < 1.29 is 19.7 Å². The minimum Gasteiger partial charge on any atom is -0.508 e. The maximum absolute atomic E-state index is 12.1. The van der Waals surface area contributed by atoms with Gasteiger partial charge < -0.3 is 20.3 Å². The van der Waals surface area contributed by atoms with Gasteiger partial charge in [0.25, 0.3) is 5.91 Å². The zero-order valence-corrected chi connectivity index (χ0v) is 13.9. The summed E-state index contributed by atoms with van der Waals surface area (Å²) in [6, 6.07) is 17.2. The molecule has 0 aliphatic carbocycles. The Bertz CT molecular complexity index is 864. The molecule has 0 saturated carbocycles. The van der Waals surface area contributed by atoms with Crippen LogP contribution in [-0.4, -0.2) is 32.9 Å². The molecule has 1 heterocycles. The lowest BCUT2D eigenvalue weighted by molar-refractivity contribution is 0.0911. The number of hydrogen-bond donors (Lipinski definition) is 4. The molecular formula is C19H19N3O4. The third-order valence-electron chi connectivity index (χ3n) is 3.71. The average Bonchev–Trinajstić information content (AvgIpc) is 3.14. The molecule has 1 unspecified atom stereocenters. The number of carbonyl (C=O) groups is 1. The Balaban J connectivity index is 1.51.